The summed E-state index contributed by atoms with van der Waals surface area (Å²) in [6.45, 7) is 4.74. The van der Waals surface area contributed by atoms with Gasteiger partial charge in [0.25, 0.3) is 0 Å². The van der Waals surface area contributed by atoms with Crippen LogP contribution in [-0.2, 0) is 0 Å². The number of hydrogen-bond acceptors (Lipinski definition) is 3. The lowest BCUT2D eigenvalue weighted by atomic mass is 10.1. The quantitative estimate of drug-likeness (QED) is 0.630. The fraction of sp³-hybridized carbons (Fsp3) is 0.278. The predicted molar refractivity (Wildman–Crippen MR) is 93.9 cm³/mol. The third kappa shape index (κ3) is 4.22. The predicted octanol–water partition coefficient (Wildman–Crippen LogP) is 4.50. The average Bonchev–Trinajstić information content (AvgIpc) is 2.56. The van der Waals surface area contributed by atoms with Gasteiger partial charge in [-0.2, -0.15) is 0 Å². The third-order valence-electron chi connectivity index (χ3n) is 3.56. The zero-order valence-corrected chi connectivity index (χ0v) is 13.9. The lowest BCUT2D eigenvalue weighted by Gasteiger charge is -2.14. The maximum atomic E-state index is 14.3. The second kappa shape index (κ2) is 7.63. The molecule has 0 spiro atoms. The number of rotatable bonds is 6. The van der Waals surface area contributed by atoms with Gasteiger partial charge in [0.15, 0.2) is 5.82 Å². The van der Waals surface area contributed by atoms with E-state index in [2.05, 4.69) is 10.3 Å². The molecule has 5 heteroatoms. The number of nitrogens with one attached hydrogen (secondary N) is 1. The summed E-state index contributed by atoms with van der Waals surface area (Å²) in [7, 11) is 3.50. The van der Waals surface area contributed by atoms with Crippen molar-refractivity contribution < 1.29 is 9.13 Å². The fourth-order valence-electron chi connectivity index (χ4n) is 2.04. The molecule has 23 heavy (non-hydrogen) atoms. The highest BCUT2D eigenvalue weighted by Gasteiger charge is 2.09. The van der Waals surface area contributed by atoms with Gasteiger partial charge in [-0.1, -0.05) is 12.1 Å². The molecule has 0 radical (unpaired) electrons. The standard InChI is InChI=1S/C18H22FN3O/c1-5-22(3)12-20-17-10-13(2)16(11-14(17)19)21-15-8-6-7-9-18(15)23-4/h6-12,21H,5H2,1-4H3. The van der Waals surface area contributed by atoms with Crippen LogP contribution in [0, 0.1) is 12.7 Å². The smallest absolute Gasteiger partial charge is 0.150 e. The Morgan fingerprint density at radius 3 is 2.70 bits per heavy atom. The normalized spacial score (nSPS) is 10.8. The molecule has 0 amide bonds. The van der Waals surface area contributed by atoms with Crippen LogP contribution < -0.4 is 10.1 Å². The van der Waals surface area contributed by atoms with E-state index in [1.165, 1.54) is 6.07 Å². The van der Waals surface area contributed by atoms with E-state index in [-0.39, 0.29) is 5.82 Å². The van der Waals surface area contributed by atoms with Gasteiger partial charge in [-0.3, -0.25) is 0 Å². The summed E-state index contributed by atoms with van der Waals surface area (Å²) in [5.74, 6) is 0.340. The summed E-state index contributed by atoms with van der Waals surface area (Å²) in [6.07, 6.45) is 1.63. The SMILES string of the molecule is CCN(C)C=Nc1cc(C)c(Nc2ccccc2OC)cc1F. The van der Waals surface area contributed by atoms with Crippen molar-refractivity contribution in [3.8, 4) is 5.75 Å². The van der Waals surface area contributed by atoms with E-state index in [1.807, 2.05) is 50.1 Å². The summed E-state index contributed by atoms with van der Waals surface area (Å²) in [6, 6.07) is 10.7. The highest BCUT2D eigenvalue weighted by atomic mass is 19.1. The van der Waals surface area contributed by atoms with Crippen LogP contribution in [0.3, 0.4) is 0 Å². The molecular formula is C18H22FN3O. The number of anilines is 2. The van der Waals surface area contributed by atoms with E-state index >= 15 is 0 Å². The molecule has 0 saturated heterocycles. The van der Waals surface area contributed by atoms with Gasteiger partial charge in [0.2, 0.25) is 0 Å². The van der Waals surface area contributed by atoms with E-state index in [0.29, 0.717) is 17.1 Å². The number of ether oxygens (including phenoxy) is 1. The molecule has 0 aromatic heterocycles. The van der Waals surface area contributed by atoms with Crippen molar-refractivity contribution in [1.82, 2.24) is 4.90 Å². The molecular weight excluding hydrogens is 293 g/mol. The van der Waals surface area contributed by atoms with Gasteiger partial charge in [-0.05, 0) is 43.7 Å². The van der Waals surface area contributed by atoms with E-state index in [0.717, 1.165) is 17.8 Å². The van der Waals surface area contributed by atoms with E-state index in [1.54, 1.807) is 19.5 Å². The van der Waals surface area contributed by atoms with E-state index < -0.39 is 0 Å². The molecule has 0 unspecified atom stereocenters. The number of para-hydroxylation sites is 2. The Hall–Kier alpha value is -2.56. The van der Waals surface area contributed by atoms with Crippen LogP contribution >= 0.6 is 0 Å². The van der Waals surface area contributed by atoms with Crippen molar-refractivity contribution in [2.75, 3.05) is 26.0 Å². The molecule has 122 valence electrons. The molecule has 4 nitrogen and oxygen atoms in total. The molecule has 2 aromatic rings. The largest absolute Gasteiger partial charge is 0.495 e. The first-order valence-electron chi connectivity index (χ1n) is 7.49. The summed E-state index contributed by atoms with van der Waals surface area (Å²) in [4.78, 5) is 6.08. The van der Waals surface area contributed by atoms with Crippen LogP contribution in [0.5, 0.6) is 5.75 Å². The van der Waals surface area contributed by atoms with Crippen LogP contribution in [-0.4, -0.2) is 31.9 Å². The van der Waals surface area contributed by atoms with Gasteiger partial charge in [0.05, 0.1) is 19.1 Å². The van der Waals surface area contributed by atoms with Crippen molar-refractivity contribution in [3.63, 3.8) is 0 Å². The number of benzene rings is 2. The molecule has 0 fully saturated rings. The van der Waals surface area contributed by atoms with Gasteiger partial charge >= 0.3 is 0 Å². The minimum atomic E-state index is -0.367. The number of aliphatic imine (C=N–C) groups is 1. The van der Waals surface area contributed by atoms with E-state index in [4.69, 9.17) is 4.74 Å². The lowest BCUT2D eigenvalue weighted by molar-refractivity contribution is 0.417. The maximum absolute atomic E-state index is 14.3. The molecule has 1 N–H and O–H groups in total. The van der Waals surface area contributed by atoms with Gasteiger partial charge in [0, 0.05) is 19.3 Å². The number of aryl methyl sites for hydroxylation is 1. The summed E-state index contributed by atoms with van der Waals surface area (Å²) in [5, 5.41) is 3.21. The molecule has 0 saturated carbocycles. The van der Waals surface area contributed by atoms with Gasteiger partial charge < -0.3 is 15.0 Å². The van der Waals surface area contributed by atoms with Crippen LogP contribution in [0.25, 0.3) is 0 Å². The van der Waals surface area contributed by atoms with Crippen LogP contribution in [0.1, 0.15) is 12.5 Å². The number of halogens is 1. The molecule has 0 aliphatic heterocycles. The summed E-state index contributed by atoms with van der Waals surface area (Å²) in [5.41, 5.74) is 2.71. The molecule has 0 aliphatic rings. The summed E-state index contributed by atoms with van der Waals surface area (Å²) >= 11 is 0. The Labute approximate surface area is 136 Å². The van der Waals surface area contributed by atoms with Crippen LogP contribution in [0.4, 0.5) is 21.5 Å². The van der Waals surface area contributed by atoms with Crippen molar-refractivity contribution in [2.45, 2.75) is 13.8 Å². The fourth-order valence-corrected chi connectivity index (χ4v) is 2.04. The van der Waals surface area contributed by atoms with Gasteiger partial charge in [-0.15, -0.1) is 0 Å². The van der Waals surface area contributed by atoms with Gasteiger partial charge in [0.1, 0.15) is 11.4 Å². The molecule has 2 rings (SSSR count). The van der Waals surface area contributed by atoms with Crippen molar-refractivity contribution in [2.24, 2.45) is 4.99 Å². The molecule has 2 aromatic carbocycles. The van der Waals surface area contributed by atoms with Crippen LogP contribution in [0.15, 0.2) is 41.4 Å². The minimum Gasteiger partial charge on any atom is -0.495 e. The number of nitrogens with zero attached hydrogens (tertiary/aromatic N) is 2. The lowest BCUT2D eigenvalue weighted by Crippen LogP contribution is -2.14. The number of hydrogen-bond donors (Lipinski definition) is 1. The summed E-state index contributed by atoms with van der Waals surface area (Å²) < 4.78 is 19.6. The second-order valence-electron chi connectivity index (χ2n) is 5.26. The molecule has 0 aliphatic carbocycles. The van der Waals surface area contributed by atoms with E-state index in [9.17, 15) is 4.39 Å². The Morgan fingerprint density at radius 2 is 2.00 bits per heavy atom. The van der Waals surface area contributed by atoms with Crippen molar-refractivity contribution in [3.05, 3.63) is 47.8 Å². The Morgan fingerprint density at radius 1 is 1.26 bits per heavy atom. The number of methoxy groups -OCH3 is 1. The maximum Gasteiger partial charge on any atom is 0.150 e. The molecule has 0 bridgehead atoms. The average molecular weight is 315 g/mol. The first-order chi connectivity index (χ1) is 11.0. The monoisotopic (exact) mass is 315 g/mol. The first-order valence-corrected chi connectivity index (χ1v) is 7.49. The van der Waals surface area contributed by atoms with Crippen LogP contribution in [0.2, 0.25) is 0 Å². The Balaban J connectivity index is 2.28. The zero-order valence-electron chi connectivity index (χ0n) is 13.9. The van der Waals surface area contributed by atoms with Gasteiger partial charge in [-0.25, -0.2) is 9.38 Å². The molecule has 0 atom stereocenters. The Bertz CT molecular complexity index is 701. The molecule has 0 heterocycles. The van der Waals surface area contributed by atoms with Crippen molar-refractivity contribution in [1.29, 1.82) is 0 Å². The zero-order chi connectivity index (χ0) is 16.8. The topological polar surface area (TPSA) is 36.9 Å². The highest BCUT2D eigenvalue weighted by molar-refractivity contribution is 5.71. The second-order valence-corrected chi connectivity index (χ2v) is 5.26. The third-order valence-corrected chi connectivity index (χ3v) is 3.56. The first kappa shape index (κ1) is 16.8. The van der Waals surface area contributed by atoms with Crippen molar-refractivity contribution >= 4 is 23.4 Å². The highest BCUT2D eigenvalue weighted by Crippen LogP contribution is 2.31. The Kier molecular flexibility index (Phi) is 5.57. The minimum absolute atomic E-state index is 0.327.